The van der Waals surface area contributed by atoms with Gasteiger partial charge in [0.25, 0.3) is 5.56 Å². The lowest BCUT2D eigenvalue weighted by atomic mass is 10.4. The Morgan fingerprint density at radius 2 is 2.33 bits per heavy atom. The predicted octanol–water partition coefficient (Wildman–Crippen LogP) is -0.930. The second kappa shape index (κ2) is 4.81. The highest BCUT2D eigenvalue weighted by Crippen LogP contribution is 1.95. The SMILES string of the molecule is N#CCNC(=O)Cn1cc(N)ccc1=O. The van der Waals surface area contributed by atoms with E-state index in [9.17, 15) is 9.59 Å². The molecule has 6 nitrogen and oxygen atoms in total. The molecule has 1 aromatic rings. The molecule has 0 radical (unpaired) electrons. The van der Waals surface area contributed by atoms with E-state index in [0.717, 1.165) is 0 Å². The van der Waals surface area contributed by atoms with Crippen molar-refractivity contribution in [2.24, 2.45) is 0 Å². The van der Waals surface area contributed by atoms with Crippen LogP contribution in [0.1, 0.15) is 0 Å². The third-order valence-electron chi connectivity index (χ3n) is 1.68. The van der Waals surface area contributed by atoms with Crippen molar-refractivity contribution >= 4 is 11.6 Å². The maximum Gasteiger partial charge on any atom is 0.251 e. The number of nitrogens with zero attached hydrogens (tertiary/aromatic N) is 2. The van der Waals surface area contributed by atoms with Gasteiger partial charge in [-0.05, 0) is 6.07 Å². The molecule has 1 amide bonds. The third-order valence-corrected chi connectivity index (χ3v) is 1.68. The number of carbonyl (C=O) groups excluding carboxylic acids is 1. The molecule has 0 atom stereocenters. The first-order valence-electron chi connectivity index (χ1n) is 4.23. The van der Waals surface area contributed by atoms with Crippen LogP contribution in [0.25, 0.3) is 0 Å². The standard InChI is InChI=1S/C9H10N4O2/c10-3-4-12-8(14)6-13-5-7(11)1-2-9(13)15/h1-2,5H,4,6,11H2,(H,12,14). The summed E-state index contributed by atoms with van der Waals surface area (Å²) in [6.45, 7) is -0.207. The molecule has 0 saturated heterocycles. The number of nitrogens with one attached hydrogen (secondary N) is 1. The highest BCUT2D eigenvalue weighted by Gasteiger charge is 2.03. The van der Waals surface area contributed by atoms with Crippen LogP contribution in [0.4, 0.5) is 5.69 Å². The summed E-state index contributed by atoms with van der Waals surface area (Å²) in [6.07, 6.45) is 1.38. The average molecular weight is 206 g/mol. The highest BCUT2D eigenvalue weighted by molar-refractivity contribution is 5.75. The Morgan fingerprint density at radius 1 is 1.60 bits per heavy atom. The van der Waals surface area contributed by atoms with Crippen molar-refractivity contribution in [3.63, 3.8) is 0 Å². The summed E-state index contributed by atoms with van der Waals surface area (Å²) in [5.41, 5.74) is 5.56. The summed E-state index contributed by atoms with van der Waals surface area (Å²) in [5.74, 6) is -0.399. The molecular weight excluding hydrogens is 196 g/mol. The molecule has 1 rings (SSSR count). The average Bonchev–Trinajstić information content (AvgIpc) is 2.20. The number of nitriles is 1. The zero-order valence-electron chi connectivity index (χ0n) is 7.93. The summed E-state index contributed by atoms with van der Waals surface area (Å²) >= 11 is 0. The fraction of sp³-hybridized carbons (Fsp3) is 0.222. The van der Waals surface area contributed by atoms with Crippen LogP contribution < -0.4 is 16.6 Å². The maximum atomic E-state index is 11.2. The number of hydrogen-bond acceptors (Lipinski definition) is 4. The monoisotopic (exact) mass is 206 g/mol. The van der Waals surface area contributed by atoms with Gasteiger partial charge in [0.2, 0.25) is 5.91 Å². The summed E-state index contributed by atoms with van der Waals surface area (Å²) in [5, 5.41) is 10.6. The molecule has 0 bridgehead atoms. The molecule has 78 valence electrons. The van der Waals surface area contributed by atoms with Gasteiger partial charge in [-0.15, -0.1) is 0 Å². The fourth-order valence-electron chi connectivity index (χ4n) is 1.02. The van der Waals surface area contributed by atoms with E-state index >= 15 is 0 Å². The highest BCUT2D eigenvalue weighted by atomic mass is 16.2. The molecule has 0 fully saturated rings. The van der Waals surface area contributed by atoms with Crippen molar-refractivity contribution in [1.82, 2.24) is 9.88 Å². The number of nitrogens with two attached hydrogens (primary N) is 1. The number of rotatable bonds is 3. The third kappa shape index (κ3) is 3.15. The first-order valence-corrected chi connectivity index (χ1v) is 4.23. The first-order chi connectivity index (χ1) is 7.13. The Kier molecular flexibility index (Phi) is 3.46. The normalized spacial score (nSPS) is 9.27. The summed E-state index contributed by atoms with van der Waals surface area (Å²) in [6, 6.07) is 4.52. The van der Waals surface area contributed by atoms with Gasteiger partial charge in [0.15, 0.2) is 0 Å². The smallest absolute Gasteiger partial charge is 0.251 e. The molecule has 0 aromatic carbocycles. The Balaban J connectivity index is 2.73. The summed E-state index contributed by atoms with van der Waals surface area (Å²) < 4.78 is 1.18. The lowest BCUT2D eigenvalue weighted by Gasteiger charge is -2.05. The van der Waals surface area contributed by atoms with Crippen molar-refractivity contribution in [1.29, 1.82) is 5.26 Å². The van der Waals surface area contributed by atoms with Crippen LogP contribution in [-0.4, -0.2) is 17.0 Å². The molecule has 1 aromatic heterocycles. The number of carbonyl (C=O) groups is 1. The molecule has 0 aliphatic carbocycles. The van der Waals surface area contributed by atoms with Gasteiger partial charge in [0.05, 0.1) is 6.07 Å². The van der Waals surface area contributed by atoms with E-state index in [-0.39, 0.29) is 18.6 Å². The van der Waals surface area contributed by atoms with Crippen LogP contribution in [0.5, 0.6) is 0 Å². The van der Waals surface area contributed by atoms with Crippen molar-refractivity contribution < 1.29 is 4.79 Å². The number of nitrogen functional groups attached to an aromatic ring is 1. The molecular formula is C9H10N4O2. The van der Waals surface area contributed by atoms with Crippen molar-refractivity contribution in [2.75, 3.05) is 12.3 Å². The van der Waals surface area contributed by atoms with Gasteiger partial charge in [-0.2, -0.15) is 5.26 Å². The lowest BCUT2D eigenvalue weighted by molar-refractivity contribution is -0.121. The Bertz CT molecular complexity index is 458. The Hall–Kier alpha value is -2.29. The van der Waals surface area contributed by atoms with Gasteiger partial charge in [-0.25, -0.2) is 0 Å². The van der Waals surface area contributed by atoms with E-state index in [1.54, 1.807) is 6.07 Å². The van der Waals surface area contributed by atoms with Crippen LogP contribution in [0.3, 0.4) is 0 Å². The van der Waals surface area contributed by atoms with Crippen LogP contribution in [-0.2, 0) is 11.3 Å². The van der Waals surface area contributed by atoms with E-state index in [1.807, 2.05) is 0 Å². The van der Waals surface area contributed by atoms with Gasteiger partial charge in [0, 0.05) is 18.0 Å². The number of pyridine rings is 1. The molecule has 0 aliphatic heterocycles. The van der Waals surface area contributed by atoms with Gasteiger partial charge in [-0.1, -0.05) is 0 Å². The minimum absolute atomic E-state index is 0.0735. The van der Waals surface area contributed by atoms with Crippen LogP contribution in [0.2, 0.25) is 0 Å². The fourth-order valence-corrected chi connectivity index (χ4v) is 1.02. The van der Waals surface area contributed by atoms with Crippen LogP contribution >= 0.6 is 0 Å². The van der Waals surface area contributed by atoms with Crippen molar-refractivity contribution in [3.05, 3.63) is 28.7 Å². The largest absolute Gasteiger partial charge is 0.398 e. The van der Waals surface area contributed by atoms with E-state index < -0.39 is 5.91 Å². The lowest BCUT2D eigenvalue weighted by Crippen LogP contribution is -2.32. The van der Waals surface area contributed by atoms with Crippen LogP contribution in [0, 0.1) is 11.3 Å². The molecule has 15 heavy (non-hydrogen) atoms. The Morgan fingerprint density at radius 3 is 3.00 bits per heavy atom. The molecule has 0 unspecified atom stereocenters. The second-order valence-corrected chi connectivity index (χ2v) is 2.86. The number of anilines is 1. The maximum absolute atomic E-state index is 11.2. The first kappa shape index (κ1) is 10.8. The molecule has 1 heterocycles. The molecule has 0 spiro atoms. The van der Waals surface area contributed by atoms with E-state index in [1.165, 1.54) is 22.9 Å². The zero-order valence-corrected chi connectivity index (χ0v) is 7.93. The van der Waals surface area contributed by atoms with E-state index in [0.29, 0.717) is 5.69 Å². The summed E-state index contributed by atoms with van der Waals surface area (Å²) in [7, 11) is 0. The minimum atomic E-state index is -0.399. The van der Waals surface area contributed by atoms with Gasteiger partial charge < -0.3 is 15.6 Å². The minimum Gasteiger partial charge on any atom is -0.398 e. The topological polar surface area (TPSA) is 101 Å². The molecule has 3 N–H and O–H groups in total. The number of amides is 1. The second-order valence-electron chi connectivity index (χ2n) is 2.86. The van der Waals surface area contributed by atoms with Crippen molar-refractivity contribution in [2.45, 2.75) is 6.54 Å². The van der Waals surface area contributed by atoms with Gasteiger partial charge in [0.1, 0.15) is 13.1 Å². The van der Waals surface area contributed by atoms with Gasteiger partial charge in [-0.3, -0.25) is 9.59 Å². The predicted molar refractivity (Wildman–Crippen MR) is 53.7 cm³/mol. The zero-order chi connectivity index (χ0) is 11.3. The van der Waals surface area contributed by atoms with Gasteiger partial charge >= 0.3 is 0 Å². The number of hydrogen-bond donors (Lipinski definition) is 2. The van der Waals surface area contributed by atoms with E-state index in [2.05, 4.69) is 5.32 Å². The summed E-state index contributed by atoms with van der Waals surface area (Å²) in [4.78, 5) is 22.4. The Labute approximate surface area is 85.9 Å². The van der Waals surface area contributed by atoms with Crippen molar-refractivity contribution in [3.8, 4) is 6.07 Å². The van der Waals surface area contributed by atoms with E-state index in [4.69, 9.17) is 11.0 Å². The molecule has 6 heteroatoms. The quantitative estimate of drug-likeness (QED) is 0.624. The number of aromatic nitrogens is 1. The van der Waals surface area contributed by atoms with Crippen LogP contribution in [0.15, 0.2) is 23.1 Å². The molecule has 0 aliphatic rings. The molecule has 0 saturated carbocycles.